The molecule has 0 amide bonds. The maximum absolute atomic E-state index is 5.04. The molecule has 0 saturated heterocycles. The summed E-state index contributed by atoms with van der Waals surface area (Å²) in [5, 5.41) is 15.1. The molecule has 0 unspecified atom stereocenters. The lowest BCUT2D eigenvalue weighted by Crippen LogP contribution is -2.00. The van der Waals surface area contributed by atoms with Gasteiger partial charge in [0.2, 0.25) is 0 Å². The Labute approximate surface area is 162 Å². The number of pyridine rings is 1. The maximum Gasteiger partial charge on any atom is 0.158 e. The molecule has 1 aliphatic carbocycles. The van der Waals surface area contributed by atoms with Gasteiger partial charge < -0.3 is 0 Å². The van der Waals surface area contributed by atoms with Gasteiger partial charge in [-0.2, -0.15) is 10.2 Å². The number of aryl methyl sites for hydroxylation is 3. The number of fused-ring (bicyclic) bond motifs is 4. The number of nitrogens with one attached hydrogen (secondary N) is 1. The summed E-state index contributed by atoms with van der Waals surface area (Å²) in [4.78, 5) is 5.00. The third-order valence-corrected chi connectivity index (χ3v) is 5.72. The number of benzene rings is 2. The first-order valence-corrected chi connectivity index (χ1v) is 9.76. The quantitative estimate of drug-likeness (QED) is 0.491. The van der Waals surface area contributed by atoms with E-state index in [1.165, 1.54) is 16.5 Å². The molecule has 5 heteroatoms. The van der Waals surface area contributed by atoms with Crippen LogP contribution in [0.4, 0.5) is 0 Å². The van der Waals surface area contributed by atoms with E-state index in [1.807, 2.05) is 18.2 Å². The Morgan fingerprint density at radius 3 is 2.61 bits per heavy atom. The van der Waals surface area contributed by atoms with Crippen LogP contribution in [0.1, 0.15) is 18.2 Å². The summed E-state index contributed by atoms with van der Waals surface area (Å²) in [5.74, 6) is 0. The third-order valence-electron chi connectivity index (χ3n) is 5.72. The maximum atomic E-state index is 5.04. The van der Waals surface area contributed by atoms with E-state index in [-0.39, 0.29) is 0 Å². The molecule has 3 heterocycles. The van der Waals surface area contributed by atoms with Crippen molar-refractivity contribution in [1.29, 1.82) is 0 Å². The lowest BCUT2D eigenvalue weighted by Gasteiger charge is -2.06. The Balaban J connectivity index is 1.78. The largest absolute Gasteiger partial charge is 0.264 e. The molecule has 0 fully saturated rings. The van der Waals surface area contributed by atoms with E-state index in [4.69, 9.17) is 10.1 Å². The van der Waals surface area contributed by atoms with E-state index in [1.54, 1.807) is 0 Å². The van der Waals surface area contributed by atoms with Gasteiger partial charge in [-0.15, -0.1) is 0 Å². The fraction of sp³-hybridized carbons (Fsp3) is 0.174. The van der Waals surface area contributed by atoms with Crippen molar-refractivity contribution >= 4 is 21.9 Å². The first kappa shape index (κ1) is 15.6. The zero-order valence-corrected chi connectivity index (χ0v) is 15.6. The first-order chi connectivity index (χ1) is 13.8. The zero-order chi connectivity index (χ0) is 18.7. The molecule has 5 nitrogen and oxygen atoms in total. The van der Waals surface area contributed by atoms with Crippen LogP contribution in [0.25, 0.3) is 44.5 Å². The highest BCUT2D eigenvalue weighted by atomic mass is 15.3. The molecule has 2 aromatic carbocycles. The number of hydrogen-bond donors (Lipinski definition) is 1. The fourth-order valence-corrected chi connectivity index (χ4v) is 4.44. The van der Waals surface area contributed by atoms with Gasteiger partial charge in [-0.1, -0.05) is 54.6 Å². The number of aromatic nitrogens is 5. The van der Waals surface area contributed by atoms with Crippen LogP contribution in [0.15, 0.2) is 54.6 Å². The van der Waals surface area contributed by atoms with Crippen LogP contribution < -0.4 is 0 Å². The lowest BCUT2D eigenvalue weighted by atomic mass is 10.0. The van der Waals surface area contributed by atoms with Crippen LogP contribution in [0, 0.1) is 0 Å². The molecule has 0 atom stereocenters. The molecule has 0 radical (unpaired) electrons. The summed E-state index contributed by atoms with van der Waals surface area (Å²) in [5.41, 5.74) is 8.73. The molecule has 136 valence electrons. The van der Waals surface area contributed by atoms with Crippen LogP contribution in [-0.2, 0) is 19.4 Å². The highest BCUT2D eigenvalue weighted by Crippen LogP contribution is 2.40. The Kier molecular flexibility index (Phi) is 3.20. The predicted molar refractivity (Wildman–Crippen MR) is 111 cm³/mol. The Hall–Kier alpha value is -3.47. The zero-order valence-electron chi connectivity index (χ0n) is 15.6. The average molecular weight is 365 g/mol. The van der Waals surface area contributed by atoms with Gasteiger partial charge in [-0.3, -0.25) is 9.78 Å². The molecule has 1 N–H and O–H groups in total. The van der Waals surface area contributed by atoms with Gasteiger partial charge in [0.15, 0.2) is 5.65 Å². The van der Waals surface area contributed by atoms with Gasteiger partial charge in [0.1, 0.15) is 11.4 Å². The second kappa shape index (κ2) is 5.76. The fourth-order valence-electron chi connectivity index (χ4n) is 4.44. The van der Waals surface area contributed by atoms with Crippen molar-refractivity contribution in [2.45, 2.75) is 26.3 Å². The molecule has 0 spiro atoms. The summed E-state index contributed by atoms with van der Waals surface area (Å²) in [7, 11) is 0. The summed E-state index contributed by atoms with van der Waals surface area (Å²) < 4.78 is 2.11. The molecule has 5 aromatic rings. The van der Waals surface area contributed by atoms with E-state index in [0.717, 1.165) is 58.6 Å². The Morgan fingerprint density at radius 1 is 0.929 bits per heavy atom. The number of nitrogens with zero attached hydrogens (tertiary/aromatic N) is 4. The molecule has 0 bridgehead atoms. The molecular formula is C23H19N5. The number of H-pyrrole nitrogens is 1. The third kappa shape index (κ3) is 2.04. The van der Waals surface area contributed by atoms with Crippen LogP contribution in [0.5, 0.6) is 0 Å². The molecule has 28 heavy (non-hydrogen) atoms. The standard InChI is InChI=1S/C23H19N5/c1-2-28-22-18-17(13-12-14-8-6-7-11-16(14)21(18)27-28)24-23-19(22)20(25-26-23)15-9-4-3-5-10-15/h3-11H,2,12-13H2,1H3,(H,24,25,26). The number of rotatable bonds is 2. The topological polar surface area (TPSA) is 59.4 Å². The molecule has 0 saturated carbocycles. The average Bonchev–Trinajstić information content (AvgIpc) is 3.30. The molecule has 0 aliphatic heterocycles. The van der Waals surface area contributed by atoms with E-state index in [0.29, 0.717) is 0 Å². The number of aromatic amines is 1. The number of hydrogen-bond acceptors (Lipinski definition) is 3. The van der Waals surface area contributed by atoms with Crippen molar-refractivity contribution in [2.24, 2.45) is 0 Å². The molecular weight excluding hydrogens is 346 g/mol. The second-order valence-electron chi connectivity index (χ2n) is 7.27. The minimum absolute atomic E-state index is 0.802. The van der Waals surface area contributed by atoms with Crippen molar-refractivity contribution in [3.8, 4) is 22.5 Å². The SMILES string of the molecule is CCn1nc2c3c(nc4[nH]nc(-c5ccccc5)c4c31)CCc1ccccc1-2. The van der Waals surface area contributed by atoms with Crippen molar-refractivity contribution in [1.82, 2.24) is 25.0 Å². The molecule has 3 aromatic heterocycles. The van der Waals surface area contributed by atoms with Crippen LogP contribution in [0.3, 0.4) is 0 Å². The van der Waals surface area contributed by atoms with Crippen LogP contribution in [0.2, 0.25) is 0 Å². The van der Waals surface area contributed by atoms with Gasteiger partial charge in [0.05, 0.1) is 22.0 Å². The van der Waals surface area contributed by atoms with Crippen molar-refractivity contribution in [3.63, 3.8) is 0 Å². The van der Waals surface area contributed by atoms with Gasteiger partial charge in [-0.25, -0.2) is 4.98 Å². The molecule has 1 aliphatic rings. The smallest absolute Gasteiger partial charge is 0.158 e. The highest BCUT2D eigenvalue weighted by Gasteiger charge is 2.26. The highest BCUT2D eigenvalue weighted by molar-refractivity contribution is 6.14. The van der Waals surface area contributed by atoms with E-state index in [2.05, 4.69) is 58.2 Å². The summed E-state index contributed by atoms with van der Waals surface area (Å²) in [6.45, 7) is 2.94. The molecule has 6 rings (SSSR count). The monoisotopic (exact) mass is 365 g/mol. The first-order valence-electron chi connectivity index (χ1n) is 9.76. The van der Waals surface area contributed by atoms with Crippen molar-refractivity contribution < 1.29 is 0 Å². The predicted octanol–water partition coefficient (Wildman–Crippen LogP) is 4.76. The van der Waals surface area contributed by atoms with E-state index >= 15 is 0 Å². The lowest BCUT2D eigenvalue weighted by molar-refractivity contribution is 0.687. The Bertz CT molecular complexity index is 1340. The van der Waals surface area contributed by atoms with E-state index < -0.39 is 0 Å². The Morgan fingerprint density at radius 2 is 1.75 bits per heavy atom. The van der Waals surface area contributed by atoms with Gasteiger partial charge in [0, 0.05) is 17.7 Å². The van der Waals surface area contributed by atoms with Crippen molar-refractivity contribution in [2.75, 3.05) is 0 Å². The summed E-state index contributed by atoms with van der Waals surface area (Å²) in [6.07, 6.45) is 1.89. The van der Waals surface area contributed by atoms with Gasteiger partial charge in [-0.05, 0) is 25.3 Å². The normalized spacial score (nSPS) is 13.0. The van der Waals surface area contributed by atoms with Crippen LogP contribution in [-0.4, -0.2) is 25.0 Å². The van der Waals surface area contributed by atoms with E-state index in [9.17, 15) is 0 Å². The van der Waals surface area contributed by atoms with Gasteiger partial charge in [0.25, 0.3) is 0 Å². The van der Waals surface area contributed by atoms with Gasteiger partial charge >= 0.3 is 0 Å². The summed E-state index contributed by atoms with van der Waals surface area (Å²) >= 11 is 0. The second-order valence-corrected chi connectivity index (χ2v) is 7.27. The van der Waals surface area contributed by atoms with Crippen LogP contribution >= 0.6 is 0 Å². The minimum Gasteiger partial charge on any atom is -0.264 e. The summed E-state index contributed by atoms with van der Waals surface area (Å²) in [6, 6.07) is 18.9. The van der Waals surface area contributed by atoms with Crippen molar-refractivity contribution in [3.05, 3.63) is 65.9 Å². The minimum atomic E-state index is 0.802.